The molecule has 7 heterocycles. The molecule has 0 unspecified atom stereocenters. The normalized spacial score (nSPS) is 16.0. The molecule has 3 aromatic carbocycles. The molecule has 2 aliphatic heterocycles. The van der Waals surface area contributed by atoms with Gasteiger partial charge in [-0.25, -0.2) is 19.9 Å². The van der Waals surface area contributed by atoms with Crippen LogP contribution in [-0.4, -0.2) is 157 Å². The van der Waals surface area contributed by atoms with Gasteiger partial charge in [0.2, 0.25) is 0 Å². The van der Waals surface area contributed by atoms with Gasteiger partial charge in [-0.1, -0.05) is 125 Å². The van der Waals surface area contributed by atoms with Gasteiger partial charge in [0.25, 0.3) is 0 Å². The fourth-order valence-electron chi connectivity index (χ4n) is 13.5. The quantitative estimate of drug-likeness (QED) is 0.0330. The molecule has 0 spiro atoms. The maximum atomic E-state index is 11.9. The number of aromatic nitrogens is 7. The Kier molecular flexibility index (Phi) is 53.5. The van der Waals surface area contributed by atoms with Crippen LogP contribution < -0.4 is 81.0 Å². The van der Waals surface area contributed by atoms with Gasteiger partial charge in [-0.15, -0.1) is 41.0 Å². The standard InChI is InChI=1S/C22H30BNO3.C20H20BrN3O.C16H18BrNO.C6H13BO2.C6H15N.C6H14O2.C4H2BrIN2.4CH4.BH3O3.BrH.2HI.K.H2/c1-14(25)16-11-12-17-18(13-16)24(6)20(19(17)15-9-7-8-10-15)23-26-21(2,3)22(4,5)27-23;1-12(25)14-7-8-16-17(9-14)24(2)19(18(16)13-5-3-4-6-13)20-22-10-15(21)11-23-20;1-10(19)12-7-8-13-14(9-12)18(2)16(17)15(13)11-5-3-4-6-11;1-5(2)6(3,4)9-7-8-5;1-4-7(5-2)6-3;1-5(2,7)6(3,4)8;5-3-1-7-4(6)8-2-3;;;;;2-1(3)4;;;;;/h11-13,15H,7-10H2,1-6H3;7-11,13H,3-6H2,1-2H3;7-9,11H,3-6H2,1-2H3;7H,1-4H3;4-6H2,1-3H3;7-8H,1-4H3;1-2H;4*1H4;2-4H;3*1H;;1H/q;;;;;;;;;;;;;;;+1;/p-1. The van der Waals surface area contributed by atoms with Crippen LogP contribution in [0.2, 0.25) is 0 Å². The average Bonchev–Trinajstić information content (AvgIpc) is 1.59. The maximum Gasteiger partial charge on any atom is 1.00 e. The van der Waals surface area contributed by atoms with Crippen molar-refractivity contribution in [3.8, 4) is 11.5 Å². The molecule has 3 aliphatic carbocycles. The van der Waals surface area contributed by atoms with Crippen LogP contribution in [0.3, 0.4) is 0 Å². The van der Waals surface area contributed by atoms with Crippen molar-refractivity contribution in [3.63, 3.8) is 0 Å². The molecule has 5 N–H and O–H groups in total. The fraction of sp³-hybridized carbons (Fsp3) is 0.583. The number of rotatable bonds is 12. The SMILES string of the molecule is Br.Brc1cnc(I)nc1.C.C.C.C.CC(=O)c1ccc2c(C3CCCC3)c(-c3ncc(Br)cn3)n(C)c2c1.CC(=O)c1ccc2c(C3CCCC3)c(B3OC(C)(C)C(C)(C)O3)n(C)c2c1.CC(=O)c1ccc2c(C3CCCC3)c(Br)n(C)c2c1.CC(C)(O)C(C)(C)O.CC1(C)OBOC1(C)C.CCN(CC)CC.I.OB(O)O.[HH].[I-].[K+]. The number of hydrogen-bond donors (Lipinski definition) is 5. The van der Waals surface area contributed by atoms with E-state index < -0.39 is 18.5 Å². The zero-order valence-electron chi connectivity index (χ0n) is 69.1. The number of hydrogen-bond acceptors (Lipinski definition) is 17. The number of aliphatic hydroxyl groups is 2. The fourth-order valence-corrected chi connectivity index (χ4v) is 14.9. The van der Waals surface area contributed by atoms with Crippen LogP contribution in [-0.2, 0) is 39.8 Å². The van der Waals surface area contributed by atoms with Gasteiger partial charge in [0.05, 0.1) is 58.4 Å². The number of Topliss-reactive ketones (excluding diaryl/α,β-unsaturated/α-hetero) is 3. The van der Waals surface area contributed by atoms with Gasteiger partial charge >= 0.3 is 73.5 Å². The van der Waals surface area contributed by atoms with Crippen molar-refractivity contribution in [1.29, 1.82) is 0 Å². The van der Waals surface area contributed by atoms with Gasteiger partial charge in [-0.2, -0.15) is 0 Å². The number of halogens is 7. The van der Waals surface area contributed by atoms with E-state index in [2.05, 4.69) is 190 Å². The van der Waals surface area contributed by atoms with Gasteiger partial charge in [0, 0.05) is 119 Å². The Morgan fingerprint density at radius 3 is 1.15 bits per heavy atom. The average molecular weight is 2220 g/mol. The van der Waals surface area contributed by atoms with Crippen LogP contribution in [0.5, 0.6) is 0 Å². The Morgan fingerprint density at radius 2 is 0.852 bits per heavy atom. The minimum Gasteiger partial charge on any atom is -1.00 e. The second-order valence-electron chi connectivity index (χ2n) is 31.2. The Bertz CT molecular complexity index is 4230. The summed E-state index contributed by atoms with van der Waals surface area (Å²) in [5, 5.41) is 43.5. The van der Waals surface area contributed by atoms with E-state index >= 15 is 0 Å². The number of nitrogens with zero attached hydrogens (tertiary/aromatic N) is 8. The summed E-state index contributed by atoms with van der Waals surface area (Å²) < 4.78 is 33.8. The molecule has 0 bridgehead atoms. The molecule has 0 radical (unpaired) electrons. The van der Waals surface area contributed by atoms with Gasteiger partial charge in [-0.3, -0.25) is 14.4 Å². The topological polar surface area (TPSA) is 259 Å². The smallest absolute Gasteiger partial charge is 1.00 e. The summed E-state index contributed by atoms with van der Waals surface area (Å²) >= 11 is 12.4. The van der Waals surface area contributed by atoms with E-state index in [0.29, 0.717) is 25.4 Å². The van der Waals surface area contributed by atoms with Crippen molar-refractivity contribution in [2.75, 3.05) is 19.6 Å². The summed E-state index contributed by atoms with van der Waals surface area (Å²) in [4.78, 5) is 54.5. The van der Waals surface area contributed by atoms with Crippen LogP contribution >= 0.6 is 111 Å². The number of fused-ring (bicyclic) bond motifs is 3. The van der Waals surface area contributed by atoms with E-state index in [1.807, 2.05) is 71.1 Å². The first-order chi connectivity index (χ1) is 49.8. The summed E-state index contributed by atoms with van der Waals surface area (Å²) in [6, 6.07) is 18.2. The number of carbonyl (C=O) groups is 3. The Morgan fingerprint density at radius 1 is 0.557 bits per heavy atom. The Labute approximate surface area is 817 Å². The van der Waals surface area contributed by atoms with E-state index in [9.17, 15) is 14.4 Å². The molecule has 0 atom stereocenters. The summed E-state index contributed by atoms with van der Waals surface area (Å²) in [5.41, 5.74) is 8.93. The molecule has 2 saturated heterocycles. The summed E-state index contributed by atoms with van der Waals surface area (Å²) in [6.45, 7) is 37.8. The Balaban J connectivity index is -0.000000653. The van der Waals surface area contributed by atoms with E-state index in [1.165, 1.54) is 134 Å². The van der Waals surface area contributed by atoms with E-state index in [1.54, 1.807) is 73.3 Å². The minimum absolute atomic E-state index is 0. The molecule has 0 amide bonds. The number of benzene rings is 3. The largest absolute Gasteiger partial charge is 1.00 e. The molecular weight excluding hydrogens is 2080 g/mol. The van der Waals surface area contributed by atoms with E-state index in [-0.39, 0.29) is 194 Å². The van der Waals surface area contributed by atoms with E-state index in [0.717, 1.165) is 63.1 Å². The zero-order chi connectivity index (χ0) is 80.1. The molecule has 13 rings (SSSR count). The van der Waals surface area contributed by atoms with Crippen molar-refractivity contribution in [2.24, 2.45) is 21.1 Å². The maximum absolute atomic E-state index is 11.9. The number of carbonyl (C=O) groups excluding carboxylic acids is 3. The third-order valence-corrected chi connectivity index (χ3v) is 24.6. The predicted molar refractivity (Wildman–Crippen MR) is 508 cm³/mol. The summed E-state index contributed by atoms with van der Waals surface area (Å²) in [7, 11) is 4.06. The molecule has 5 fully saturated rings. The van der Waals surface area contributed by atoms with E-state index in [4.69, 9.17) is 43.9 Å². The second-order valence-corrected chi connectivity index (χ2v) is 34.8. The first-order valence-corrected chi connectivity index (χ1v) is 40.8. The molecule has 115 heavy (non-hydrogen) atoms. The minimum atomic E-state index is -2.17. The van der Waals surface area contributed by atoms with Crippen LogP contribution in [0.25, 0.3) is 44.2 Å². The van der Waals surface area contributed by atoms with Crippen LogP contribution in [0, 0.1) is 3.83 Å². The summed E-state index contributed by atoms with van der Waals surface area (Å²) in [5.74, 6) is 2.79. The Hall–Kier alpha value is -1.01. The third kappa shape index (κ3) is 31.6. The molecule has 5 aliphatic rings. The van der Waals surface area contributed by atoms with Gasteiger partial charge in [-0.05, 0) is 262 Å². The first-order valence-electron chi connectivity index (χ1n) is 37.4. The molecule has 8 aromatic rings. The van der Waals surface area contributed by atoms with Crippen LogP contribution in [0.15, 0.2) is 92.9 Å². The summed E-state index contributed by atoms with van der Waals surface area (Å²) in [6.07, 6.45) is 22.2. The third-order valence-electron chi connectivity index (χ3n) is 22.2. The predicted octanol–water partition coefficient (Wildman–Crippen LogP) is 14.9. The molecule has 5 aromatic heterocycles. The van der Waals surface area contributed by atoms with Crippen LogP contribution in [0.4, 0.5) is 0 Å². The van der Waals surface area contributed by atoms with Crippen molar-refractivity contribution in [2.45, 2.75) is 283 Å². The van der Waals surface area contributed by atoms with Crippen molar-refractivity contribution in [3.05, 3.63) is 130 Å². The molecule has 3 saturated carbocycles. The molecule has 20 nitrogen and oxygen atoms in total. The van der Waals surface area contributed by atoms with Crippen molar-refractivity contribution in [1.82, 2.24) is 38.5 Å². The molecule has 642 valence electrons. The van der Waals surface area contributed by atoms with Gasteiger partial charge < -0.3 is 86.5 Å². The van der Waals surface area contributed by atoms with Crippen molar-refractivity contribution >= 4 is 189 Å². The van der Waals surface area contributed by atoms with Gasteiger partial charge in [0.15, 0.2) is 27.0 Å². The number of aryl methyl sites for hydroxylation is 3. The van der Waals surface area contributed by atoms with Crippen molar-refractivity contribution < 1.29 is 135 Å². The first kappa shape index (κ1) is 118. The van der Waals surface area contributed by atoms with Gasteiger partial charge in [0.1, 0.15) is 0 Å². The second kappa shape index (κ2) is 52.1. The molecular formula is C84H135B3Br4I3KN8O12. The molecule has 31 heteroatoms. The monoisotopic (exact) mass is 2220 g/mol. The zero-order valence-corrected chi connectivity index (χ0v) is 85.3. The van der Waals surface area contributed by atoms with Crippen LogP contribution in [0.1, 0.15) is 298 Å². The number of ketones is 3.